The Balaban J connectivity index is 1.81. The molecule has 2 atom stereocenters. The third-order valence-electron chi connectivity index (χ3n) is 4.05. The van der Waals surface area contributed by atoms with Crippen LogP contribution in [0, 0.1) is 0 Å². The van der Waals surface area contributed by atoms with E-state index in [1.54, 1.807) is 0 Å². The van der Waals surface area contributed by atoms with E-state index in [2.05, 4.69) is 29.0 Å². The molecule has 104 valence electrons. The molecule has 2 rings (SSSR count). The minimum absolute atomic E-state index is 0.183. The standard InChI is InChI=1S/C13H26N4O/c1-3-17-7-6-16(8-10(17)2)9-12(13(14)18)15-11-4-5-11/h10-12,15H,3-9H2,1-2H3,(H2,14,18). The number of hydrogen-bond donors (Lipinski definition) is 2. The first-order valence-corrected chi connectivity index (χ1v) is 7.12. The van der Waals surface area contributed by atoms with Crippen LogP contribution in [0.1, 0.15) is 26.7 Å². The van der Waals surface area contributed by atoms with Crippen LogP contribution in [0.3, 0.4) is 0 Å². The summed E-state index contributed by atoms with van der Waals surface area (Å²) in [5.41, 5.74) is 5.48. The largest absolute Gasteiger partial charge is 0.368 e. The van der Waals surface area contributed by atoms with E-state index in [-0.39, 0.29) is 11.9 Å². The van der Waals surface area contributed by atoms with Gasteiger partial charge in [-0.05, 0) is 26.3 Å². The van der Waals surface area contributed by atoms with Crippen LogP contribution < -0.4 is 11.1 Å². The Labute approximate surface area is 110 Å². The normalized spacial score (nSPS) is 28.2. The monoisotopic (exact) mass is 254 g/mol. The van der Waals surface area contributed by atoms with Crippen molar-refractivity contribution < 1.29 is 4.79 Å². The van der Waals surface area contributed by atoms with Gasteiger partial charge in [-0.1, -0.05) is 6.92 Å². The maximum atomic E-state index is 11.5. The number of amides is 1. The van der Waals surface area contributed by atoms with Crippen molar-refractivity contribution in [1.82, 2.24) is 15.1 Å². The Bertz CT molecular complexity index is 293. The zero-order valence-electron chi connectivity index (χ0n) is 11.6. The van der Waals surface area contributed by atoms with Crippen molar-refractivity contribution in [3.63, 3.8) is 0 Å². The predicted molar refractivity (Wildman–Crippen MR) is 72.3 cm³/mol. The van der Waals surface area contributed by atoms with Crippen molar-refractivity contribution in [1.29, 1.82) is 0 Å². The predicted octanol–water partition coefficient (Wildman–Crippen LogP) is -0.382. The van der Waals surface area contributed by atoms with Gasteiger partial charge in [0.1, 0.15) is 0 Å². The number of piperazine rings is 1. The lowest BCUT2D eigenvalue weighted by Gasteiger charge is -2.40. The first-order chi connectivity index (χ1) is 8.60. The van der Waals surface area contributed by atoms with Crippen LogP contribution in [0.25, 0.3) is 0 Å². The number of carbonyl (C=O) groups excluding carboxylic acids is 1. The van der Waals surface area contributed by atoms with Gasteiger partial charge in [0.25, 0.3) is 0 Å². The van der Waals surface area contributed by atoms with E-state index in [9.17, 15) is 4.79 Å². The van der Waals surface area contributed by atoms with Crippen LogP contribution in [-0.4, -0.2) is 66.6 Å². The fourth-order valence-electron chi connectivity index (χ4n) is 2.72. The molecule has 0 aromatic heterocycles. The minimum Gasteiger partial charge on any atom is -0.368 e. The highest BCUT2D eigenvalue weighted by Crippen LogP contribution is 2.19. The molecular weight excluding hydrogens is 228 g/mol. The van der Waals surface area contributed by atoms with Gasteiger partial charge < -0.3 is 11.1 Å². The van der Waals surface area contributed by atoms with E-state index >= 15 is 0 Å². The second kappa shape index (κ2) is 5.99. The molecule has 0 bridgehead atoms. The molecule has 1 aliphatic heterocycles. The summed E-state index contributed by atoms with van der Waals surface area (Å²) >= 11 is 0. The second-order valence-electron chi connectivity index (χ2n) is 5.63. The van der Waals surface area contributed by atoms with Crippen molar-refractivity contribution in [3.8, 4) is 0 Å². The Morgan fingerprint density at radius 1 is 1.44 bits per heavy atom. The Kier molecular flexibility index (Phi) is 4.59. The molecule has 1 saturated heterocycles. The first kappa shape index (κ1) is 13.8. The van der Waals surface area contributed by atoms with E-state index in [0.29, 0.717) is 12.1 Å². The molecule has 0 aromatic rings. The zero-order chi connectivity index (χ0) is 13.1. The third-order valence-corrected chi connectivity index (χ3v) is 4.05. The molecular formula is C13H26N4O. The fourth-order valence-corrected chi connectivity index (χ4v) is 2.72. The molecule has 2 aliphatic rings. The van der Waals surface area contributed by atoms with Gasteiger partial charge in [-0.3, -0.25) is 14.6 Å². The lowest BCUT2D eigenvalue weighted by molar-refractivity contribution is -0.120. The smallest absolute Gasteiger partial charge is 0.235 e. The average molecular weight is 254 g/mol. The van der Waals surface area contributed by atoms with Crippen molar-refractivity contribution >= 4 is 5.91 Å². The molecule has 5 nitrogen and oxygen atoms in total. The summed E-state index contributed by atoms with van der Waals surface area (Å²) in [4.78, 5) is 16.3. The average Bonchev–Trinajstić information content (AvgIpc) is 3.12. The maximum absolute atomic E-state index is 11.5. The van der Waals surface area contributed by atoms with Crippen molar-refractivity contribution in [3.05, 3.63) is 0 Å². The number of nitrogens with two attached hydrogens (primary N) is 1. The van der Waals surface area contributed by atoms with Crippen molar-refractivity contribution in [2.45, 2.75) is 44.8 Å². The highest BCUT2D eigenvalue weighted by Gasteiger charge is 2.30. The van der Waals surface area contributed by atoms with E-state index in [4.69, 9.17) is 5.73 Å². The lowest BCUT2D eigenvalue weighted by Crippen LogP contribution is -2.57. The number of nitrogens with one attached hydrogen (secondary N) is 1. The van der Waals surface area contributed by atoms with Crippen LogP contribution in [0.4, 0.5) is 0 Å². The topological polar surface area (TPSA) is 61.6 Å². The highest BCUT2D eigenvalue weighted by atomic mass is 16.1. The molecule has 0 spiro atoms. The molecule has 1 amide bonds. The van der Waals surface area contributed by atoms with Crippen LogP contribution in [0.2, 0.25) is 0 Å². The molecule has 0 radical (unpaired) electrons. The molecule has 0 aromatic carbocycles. The third kappa shape index (κ3) is 3.67. The quantitative estimate of drug-likeness (QED) is 0.678. The van der Waals surface area contributed by atoms with E-state index in [1.165, 1.54) is 12.8 Å². The van der Waals surface area contributed by atoms with Crippen LogP contribution >= 0.6 is 0 Å². The summed E-state index contributed by atoms with van der Waals surface area (Å²) in [5.74, 6) is -0.215. The summed E-state index contributed by atoms with van der Waals surface area (Å²) in [6.45, 7) is 9.48. The van der Waals surface area contributed by atoms with Crippen LogP contribution in [0.5, 0.6) is 0 Å². The summed E-state index contributed by atoms with van der Waals surface area (Å²) in [7, 11) is 0. The Hall–Kier alpha value is -0.650. The molecule has 1 heterocycles. The molecule has 3 N–H and O–H groups in total. The molecule has 5 heteroatoms. The van der Waals surface area contributed by atoms with Gasteiger partial charge in [-0.15, -0.1) is 0 Å². The number of carbonyl (C=O) groups is 1. The molecule has 18 heavy (non-hydrogen) atoms. The van der Waals surface area contributed by atoms with E-state index in [1.807, 2.05) is 0 Å². The number of nitrogens with zero attached hydrogens (tertiary/aromatic N) is 2. The van der Waals surface area contributed by atoms with Gasteiger partial charge in [0.05, 0.1) is 6.04 Å². The summed E-state index contributed by atoms with van der Waals surface area (Å²) in [6.07, 6.45) is 2.37. The van der Waals surface area contributed by atoms with E-state index < -0.39 is 0 Å². The van der Waals surface area contributed by atoms with Crippen molar-refractivity contribution in [2.24, 2.45) is 5.73 Å². The van der Waals surface area contributed by atoms with Gasteiger partial charge in [-0.25, -0.2) is 0 Å². The minimum atomic E-state index is -0.215. The number of hydrogen-bond acceptors (Lipinski definition) is 4. The zero-order valence-corrected chi connectivity index (χ0v) is 11.6. The number of likely N-dealkylation sites (N-methyl/N-ethyl adjacent to an activating group) is 1. The Morgan fingerprint density at radius 2 is 2.17 bits per heavy atom. The van der Waals surface area contributed by atoms with Gasteiger partial charge in [0.2, 0.25) is 5.91 Å². The summed E-state index contributed by atoms with van der Waals surface area (Å²) in [6, 6.07) is 0.910. The molecule has 2 unspecified atom stereocenters. The highest BCUT2D eigenvalue weighted by molar-refractivity contribution is 5.80. The van der Waals surface area contributed by atoms with Crippen LogP contribution in [-0.2, 0) is 4.79 Å². The fraction of sp³-hybridized carbons (Fsp3) is 0.923. The van der Waals surface area contributed by atoms with E-state index in [0.717, 1.165) is 32.7 Å². The summed E-state index contributed by atoms with van der Waals surface area (Å²) < 4.78 is 0. The number of rotatable bonds is 6. The lowest BCUT2D eigenvalue weighted by atomic mass is 10.1. The van der Waals surface area contributed by atoms with Gasteiger partial charge >= 0.3 is 0 Å². The van der Waals surface area contributed by atoms with Crippen molar-refractivity contribution in [2.75, 3.05) is 32.7 Å². The number of primary amides is 1. The van der Waals surface area contributed by atoms with Gasteiger partial charge in [-0.2, -0.15) is 0 Å². The SMILES string of the molecule is CCN1CCN(CC(NC2CC2)C(N)=O)CC1C. The summed E-state index contributed by atoms with van der Waals surface area (Å²) in [5, 5.41) is 3.35. The Morgan fingerprint density at radius 3 is 2.67 bits per heavy atom. The van der Waals surface area contributed by atoms with Gasteiger partial charge in [0.15, 0.2) is 0 Å². The van der Waals surface area contributed by atoms with Gasteiger partial charge in [0, 0.05) is 38.3 Å². The second-order valence-corrected chi connectivity index (χ2v) is 5.63. The maximum Gasteiger partial charge on any atom is 0.235 e. The first-order valence-electron chi connectivity index (χ1n) is 7.12. The molecule has 1 saturated carbocycles. The molecule has 2 fully saturated rings. The molecule has 1 aliphatic carbocycles. The van der Waals surface area contributed by atoms with Crippen LogP contribution in [0.15, 0.2) is 0 Å².